The zero-order valence-electron chi connectivity index (χ0n) is 13.9. The molecule has 0 aromatic rings. The van der Waals surface area contributed by atoms with E-state index in [-0.39, 0.29) is 5.54 Å². The molecule has 1 fully saturated rings. The van der Waals surface area contributed by atoms with Crippen LogP contribution in [0.4, 0.5) is 0 Å². The summed E-state index contributed by atoms with van der Waals surface area (Å²) < 4.78 is 0. The molecule has 0 spiro atoms. The van der Waals surface area contributed by atoms with Crippen molar-refractivity contribution in [3.63, 3.8) is 0 Å². The van der Waals surface area contributed by atoms with Crippen molar-refractivity contribution in [1.29, 1.82) is 0 Å². The zero-order valence-corrected chi connectivity index (χ0v) is 13.9. The summed E-state index contributed by atoms with van der Waals surface area (Å²) in [5.41, 5.74) is 0.521. The zero-order chi connectivity index (χ0) is 14.7. The molecule has 1 saturated heterocycles. The lowest BCUT2D eigenvalue weighted by atomic mass is 9.65. The highest BCUT2D eigenvalue weighted by Crippen LogP contribution is 2.46. The lowest BCUT2D eigenvalue weighted by Gasteiger charge is -2.62. The summed E-state index contributed by atoms with van der Waals surface area (Å²) >= 11 is 0. The predicted octanol–water partition coefficient (Wildman–Crippen LogP) is 2.02. The van der Waals surface area contributed by atoms with Crippen molar-refractivity contribution < 1.29 is 0 Å². The molecule has 0 bridgehead atoms. The van der Waals surface area contributed by atoms with E-state index in [1.54, 1.807) is 0 Å². The lowest BCUT2D eigenvalue weighted by molar-refractivity contribution is -0.0667. The maximum atomic E-state index is 4.43. The van der Waals surface area contributed by atoms with Gasteiger partial charge in [0.1, 0.15) is 0 Å². The Morgan fingerprint density at radius 1 is 1.21 bits per heavy atom. The first-order valence-electron chi connectivity index (χ1n) is 7.50. The number of likely N-dealkylation sites (tertiary alicyclic amines) is 1. The Bertz CT molecular complexity index is 316. The third-order valence-electron chi connectivity index (χ3n) is 4.96. The highest BCUT2D eigenvalue weighted by atomic mass is 15.4. The highest BCUT2D eigenvalue weighted by Gasteiger charge is 2.53. The first-order valence-corrected chi connectivity index (χ1v) is 7.50. The van der Waals surface area contributed by atoms with Gasteiger partial charge in [-0.05, 0) is 26.9 Å². The Balaban J connectivity index is 2.49. The van der Waals surface area contributed by atoms with Crippen LogP contribution in [0.3, 0.4) is 0 Å². The normalized spacial score (nSPS) is 21.5. The van der Waals surface area contributed by atoms with Gasteiger partial charge in [0, 0.05) is 37.6 Å². The van der Waals surface area contributed by atoms with E-state index in [0.29, 0.717) is 5.41 Å². The fraction of sp³-hybridized carbons (Fsp3) is 0.933. The molecule has 0 radical (unpaired) electrons. The summed E-state index contributed by atoms with van der Waals surface area (Å²) in [6.45, 7) is 19.0. The molecule has 0 saturated carbocycles. The SMILES string of the molecule is CCN(CC)CCNC(=NC)N1CC(C)(C)C1(C)C. The topological polar surface area (TPSA) is 30.9 Å². The molecule has 1 rings (SSSR count). The van der Waals surface area contributed by atoms with Crippen LogP contribution in [0.2, 0.25) is 0 Å². The van der Waals surface area contributed by atoms with Gasteiger partial charge in [-0.2, -0.15) is 0 Å². The van der Waals surface area contributed by atoms with Crippen LogP contribution < -0.4 is 5.32 Å². The molecule has 0 atom stereocenters. The van der Waals surface area contributed by atoms with Crippen LogP contribution in [0.25, 0.3) is 0 Å². The van der Waals surface area contributed by atoms with E-state index in [4.69, 9.17) is 0 Å². The Morgan fingerprint density at radius 3 is 2.16 bits per heavy atom. The van der Waals surface area contributed by atoms with Gasteiger partial charge < -0.3 is 15.1 Å². The van der Waals surface area contributed by atoms with Gasteiger partial charge in [-0.3, -0.25) is 4.99 Å². The number of hydrogen-bond acceptors (Lipinski definition) is 2. The van der Waals surface area contributed by atoms with Crippen LogP contribution in [0.1, 0.15) is 41.5 Å². The average Bonchev–Trinajstić information content (AvgIpc) is 2.37. The predicted molar refractivity (Wildman–Crippen MR) is 83.7 cm³/mol. The number of nitrogens with zero attached hydrogens (tertiary/aromatic N) is 3. The van der Waals surface area contributed by atoms with Crippen LogP contribution in [0.5, 0.6) is 0 Å². The van der Waals surface area contributed by atoms with Crippen molar-refractivity contribution in [2.45, 2.75) is 47.1 Å². The van der Waals surface area contributed by atoms with Gasteiger partial charge in [0.05, 0.1) is 0 Å². The monoisotopic (exact) mass is 268 g/mol. The quantitative estimate of drug-likeness (QED) is 0.611. The van der Waals surface area contributed by atoms with Gasteiger partial charge in [0.15, 0.2) is 5.96 Å². The third-order valence-corrected chi connectivity index (χ3v) is 4.96. The second-order valence-corrected chi connectivity index (χ2v) is 6.53. The molecule has 0 amide bonds. The summed E-state index contributed by atoms with van der Waals surface area (Å²) in [6.07, 6.45) is 0. The van der Waals surface area contributed by atoms with E-state index in [2.05, 4.69) is 61.7 Å². The van der Waals surface area contributed by atoms with Crippen molar-refractivity contribution >= 4 is 5.96 Å². The number of aliphatic imine (C=N–C) groups is 1. The number of guanidine groups is 1. The van der Waals surface area contributed by atoms with E-state index in [9.17, 15) is 0 Å². The van der Waals surface area contributed by atoms with Crippen LogP contribution >= 0.6 is 0 Å². The molecular weight excluding hydrogens is 236 g/mol. The van der Waals surface area contributed by atoms with Crippen LogP contribution in [0.15, 0.2) is 4.99 Å². The summed E-state index contributed by atoms with van der Waals surface area (Å²) in [5, 5.41) is 3.50. The first kappa shape index (κ1) is 16.3. The Labute approximate surface area is 119 Å². The molecule has 4 heteroatoms. The Morgan fingerprint density at radius 2 is 1.79 bits per heavy atom. The maximum absolute atomic E-state index is 4.43. The smallest absolute Gasteiger partial charge is 0.194 e. The van der Waals surface area contributed by atoms with Crippen molar-refractivity contribution in [1.82, 2.24) is 15.1 Å². The molecule has 0 unspecified atom stereocenters. The van der Waals surface area contributed by atoms with Crippen molar-refractivity contribution in [2.24, 2.45) is 10.4 Å². The molecule has 1 aliphatic heterocycles. The van der Waals surface area contributed by atoms with Crippen LogP contribution in [-0.4, -0.2) is 61.1 Å². The van der Waals surface area contributed by atoms with Gasteiger partial charge in [-0.15, -0.1) is 0 Å². The Kier molecular flexibility index (Phi) is 5.25. The molecule has 0 aromatic heterocycles. The minimum Gasteiger partial charge on any atom is -0.355 e. The van der Waals surface area contributed by atoms with E-state index in [1.165, 1.54) is 0 Å². The second kappa shape index (κ2) is 6.12. The summed E-state index contributed by atoms with van der Waals surface area (Å²) in [5.74, 6) is 1.04. The lowest BCUT2D eigenvalue weighted by Crippen LogP contribution is -2.72. The molecule has 1 aliphatic rings. The van der Waals surface area contributed by atoms with Crippen molar-refractivity contribution in [2.75, 3.05) is 39.8 Å². The van der Waals surface area contributed by atoms with Gasteiger partial charge in [0.2, 0.25) is 0 Å². The van der Waals surface area contributed by atoms with Crippen LogP contribution in [0, 0.1) is 5.41 Å². The average molecular weight is 268 g/mol. The molecule has 0 aromatic carbocycles. The molecular formula is C15H32N4. The minimum absolute atomic E-state index is 0.171. The number of nitrogens with one attached hydrogen (secondary N) is 1. The molecule has 112 valence electrons. The van der Waals surface area contributed by atoms with Crippen LogP contribution in [-0.2, 0) is 0 Å². The first-order chi connectivity index (χ1) is 8.80. The van der Waals surface area contributed by atoms with Gasteiger partial charge >= 0.3 is 0 Å². The molecule has 0 aliphatic carbocycles. The highest BCUT2D eigenvalue weighted by molar-refractivity contribution is 5.82. The van der Waals surface area contributed by atoms with Gasteiger partial charge in [-0.25, -0.2) is 0 Å². The van der Waals surface area contributed by atoms with Gasteiger partial charge in [0.25, 0.3) is 0 Å². The standard InChI is InChI=1S/C15H32N4/c1-8-18(9-2)11-10-17-13(16-7)19-12-14(3,4)15(19,5)6/h8-12H2,1-7H3,(H,16,17). The fourth-order valence-electron chi connectivity index (χ4n) is 2.56. The Hall–Kier alpha value is -0.770. The fourth-order valence-corrected chi connectivity index (χ4v) is 2.56. The third kappa shape index (κ3) is 3.22. The largest absolute Gasteiger partial charge is 0.355 e. The summed E-state index contributed by atoms with van der Waals surface area (Å²) in [7, 11) is 1.88. The summed E-state index contributed by atoms with van der Waals surface area (Å²) in [6, 6.07) is 0. The van der Waals surface area contributed by atoms with E-state index >= 15 is 0 Å². The van der Waals surface area contributed by atoms with E-state index in [0.717, 1.165) is 38.7 Å². The number of likely N-dealkylation sites (N-methyl/N-ethyl adjacent to an activating group) is 1. The second-order valence-electron chi connectivity index (χ2n) is 6.53. The summed E-state index contributed by atoms with van der Waals surface area (Å²) in [4.78, 5) is 9.24. The van der Waals surface area contributed by atoms with Gasteiger partial charge in [-0.1, -0.05) is 27.7 Å². The van der Waals surface area contributed by atoms with E-state index < -0.39 is 0 Å². The molecule has 19 heavy (non-hydrogen) atoms. The molecule has 4 nitrogen and oxygen atoms in total. The van der Waals surface area contributed by atoms with Crippen molar-refractivity contribution in [3.8, 4) is 0 Å². The van der Waals surface area contributed by atoms with E-state index in [1.807, 2.05) is 7.05 Å². The molecule has 1 heterocycles. The number of hydrogen-bond donors (Lipinski definition) is 1. The molecule has 1 N–H and O–H groups in total. The maximum Gasteiger partial charge on any atom is 0.194 e. The van der Waals surface area contributed by atoms with Crippen molar-refractivity contribution in [3.05, 3.63) is 0 Å². The number of rotatable bonds is 5. The minimum atomic E-state index is 0.171.